The van der Waals surface area contributed by atoms with Gasteiger partial charge in [0.05, 0.1) is 10.8 Å². The van der Waals surface area contributed by atoms with Gasteiger partial charge in [-0.2, -0.15) is 0 Å². The van der Waals surface area contributed by atoms with Crippen molar-refractivity contribution in [2.75, 3.05) is 0 Å². The molecule has 6 nitrogen and oxygen atoms in total. The summed E-state index contributed by atoms with van der Waals surface area (Å²) in [6.07, 6.45) is 0. The molecule has 6 heteroatoms. The highest BCUT2D eigenvalue weighted by atomic mass is 15.0. The van der Waals surface area contributed by atoms with Crippen LogP contribution in [0.15, 0.2) is 400 Å². The van der Waals surface area contributed by atoms with Crippen molar-refractivity contribution in [2.24, 2.45) is 0 Å². The second-order valence-electron chi connectivity index (χ2n) is 26.3. The first-order valence-electron chi connectivity index (χ1n) is 35.3. The van der Waals surface area contributed by atoms with Gasteiger partial charge in [0.25, 0.3) is 0 Å². The lowest BCUT2D eigenvalue weighted by Gasteiger charge is -2.34. The Morgan fingerprint density at radius 3 is 0.673 bits per heavy atom. The minimum Gasteiger partial charge on any atom is -0.208 e. The fraction of sp³-hybridized carbons (Fsp3) is 0.0204. The lowest BCUT2D eigenvalue weighted by molar-refractivity contribution is 0.769. The Bertz CT molecular complexity index is 5800. The Balaban J connectivity index is 0.000000149. The van der Waals surface area contributed by atoms with Crippen LogP contribution in [0.1, 0.15) is 44.5 Å². The van der Waals surface area contributed by atoms with E-state index in [0.717, 1.165) is 61.2 Å². The lowest BCUT2D eigenvalue weighted by atomic mass is 9.67. The highest BCUT2D eigenvalue weighted by molar-refractivity contribution is 5.93. The largest absolute Gasteiger partial charge is 0.208 e. The van der Waals surface area contributed by atoms with Gasteiger partial charge in [-0.05, 0) is 112 Å². The summed E-state index contributed by atoms with van der Waals surface area (Å²) >= 11 is 0. The smallest absolute Gasteiger partial charge is 0.164 e. The summed E-state index contributed by atoms with van der Waals surface area (Å²) in [5.74, 6) is 3.85. The van der Waals surface area contributed by atoms with Gasteiger partial charge in [-0.3, -0.25) is 0 Å². The quantitative estimate of drug-likeness (QED) is 0.114. The monoisotopic (exact) mass is 1330 g/mol. The van der Waals surface area contributed by atoms with Crippen LogP contribution in [0, 0.1) is 0 Å². The lowest BCUT2D eigenvalue weighted by Crippen LogP contribution is -2.28. The van der Waals surface area contributed by atoms with Crippen molar-refractivity contribution in [3.8, 4) is 124 Å². The van der Waals surface area contributed by atoms with Crippen molar-refractivity contribution in [3.63, 3.8) is 0 Å². The molecule has 0 radical (unpaired) electrons. The SMILES string of the molecule is c1ccc(-c2ccc(-c3nc(-c4ccccc4)nc(-c4ccccc4-c4ccc5c(c4)C(c4ccccc4)(c4ccccc4)c4ccccc4-5)n3)cc2)cc1.c1ccc(-c2nc(-c3ccccc3)nc(-c3ccccc3-c3ccc4c(c3)C(c3ccccc3)(c3ccccc3)c3ccccc3-4)n2)cc1. The van der Waals surface area contributed by atoms with Crippen molar-refractivity contribution < 1.29 is 0 Å². The molecular weight excluding hydrogens is 1260 g/mol. The van der Waals surface area contributed by atoms with E-state index in [0.29, 0.717) is 34.9 Å². The van der Waals surface area contributed by atoms with Gasteiger partial charge in [-0.1, -0.05) is 388 Å². The van der Waals surface area contributed by atoms with Crippen LogP contribution in [0.25, 0.3) is 124 Å². The number of hydrogen-bond acceptors (Lipinski definition) is 6. The molecule has 0 unspecified atom stereocenters. The first-order valence-corrected chi connectivity index (χ1v) is 35.3. The highest BCUT2D eigenvalue weighted by Gasteiger charge is 2.48. The predicted octanol–water partition coefficient (Wildman–Crippen LogP) is 23.5. The van der Waals surface area contributed by atoms with Crippen LogP contribution in [0.5, 0.6) is 0 Å². The van der Waals surface area contributed by atoms with E-state index in [1.54, 1.807) is 0 Å². The van der Waals surface area contributed by atoms with Gasteiger partial charge < -0.3 is 0 Å². The average Bonchev–Trinajstić information content (AvgIpc) is 1.54. The molecule has 2 aliphatic carbocycles. The van der Waals surface area contributed by atoms with Gasteiger partial charge in [-0.25, -0.2) is 29.9 Å². The molecule has 104 heavy (non-hydrogen) atoms. The van der Waals surface area contributed by atoms with Crippen LogP contribution in [-0.4, -0.2) is 29.9 Å². The van der Waals surface area contributed by atoms with Gasteiger partial charge in [0.2, 0.25) is 0 Å². The van der Waals surface area contributed by atoms with Crippen molar-refractivity contribution in [3.05, 3.63) is 445 Å². The molecule has 19 rings (SSSR count). The Hall–Kier alpha value is -13.7. The number of nitrogens with zero attached hydrogens (tertiary/aromatic N) is 6. The topological polar surface area (TPSA) is 77.3 Å². The summed E-state index contributed by atoms with van der Waals surface area (Å²) in [5.41, 5.74) is 26.5. The van der Waals surface area contributed by atoms with E-state index in [4.69, 9.17) is 29.9 Å². The van der Waals surface area contributed by atoms with E-state index in [1.165, 1.54) is 72.3 Å². The third-order valence-corrected chi connectivity index (χ3v) is 20.5. The van der Waals surface area contributed by atoms with Crippen LogP contribution in [0.2, 0.25) is 0 Å². The van der Waals surface area contributed by atoms with Gasteiger partial charge in [0.15, 0.2) is 34.9 Å². The third-order valence-electron chi connectivity index (χ3n) is 20.5. The number of rotatable bonds is 13. The molecule has 0 saturated carbocycles. The number of aromatic nitrogens is 6. The molecule has 488 valence electrons. The van der Waals surface area contributed by atoms with Crippen LogP contribution in [-0.2, 0) is 10.8 Å². The Morgan fingerprint density at radius 2 is 0.346 bits per heavy atom. The van der Waals surface area contributed by atoms with Crippen molar-refractivity contribution >= 4 is 0 Å². The molecule has 0 bridgehead atoms. The predicted molar refractivity (Wildman–Crippen MR) is 423 cm³/mol. The molecule has 0 fully saturated rings. The van der Waals surface area contributed by atoms with E-state index in [9.17, 15) is 0 Å². The fourth-order valence-electron chi connectivity index (χ4n) is 15.8. The molecule has 2 aliphatic rings. The second kappa shape index (κ2) is 27.1. The molecule has 15 aromatic carbocycles. The summed E-state index contributed by atoms with van der Waals surface area (Å²) in [4.78, 5) is 30.5. The normalized spacial score (nSPS) is 12.6. The summed E-state index contributed by atoms with van der Waals surface area (Å²) < 4.78 is 0. The van der Waals surface area contributed by atoms with Gasteiger partial charge in [0.1, 0.15) is 0 Å². The van der Waals surface area contributed by atoms with Gasteiger partial charge >= 0.3 is 0 Å². The zero-order valence-electron chi connectivity index (χ0n) is 56.8. The van der Waals surface area contributed by atoms with Crippen LogP contribution in [0.4, 0.5) is 0 Å². The number of fused-ring (bicyclic) bond motifs is 6. The van der Waals surface area contributed by atoms with Crippen molar-refractivity contribution in [1.29, 1.82) is 0 Å². The zero-order valence-corrected chi connectivity index (χ0v) is 56.8. The molecule has 17 aromatic rings. The maximum atomic E-state index is 5.19. The molecule has 0 amide bonds. The fourth-order valence-corrected chi connectivity index (χ4v) is 15.8. The molecule has 2 heterocycles. The van der Waals surface area contributed by atoms with Crippen LogP contribution < -0.4 is 0 Å². The Kier molecular flexibility index (Phi) is 16.3. The Labute approximate surface area is 605 Å². The summed E-state index contributed by atoms with van der Waals surface area (Å²) in [6.45, 7) is 0. The highest BCUT2D eigenvalue weighted by Crippen LogP contribution is 2.59. The number of benzene rings is 15. The molecule has 0 N–H and O–H groups in total. The maximum absolute atomic E-state index is 5.19. The standard InChI is InChI=1S/C52H35N3.C46H31N3/c1-5-17-36(18-6-1)37-29-31-39(32-30-37)50-53-49(38-19-7-2-8-20-38)54-51(55-50)46-27-14-13-25-43(46)40-33-34-45-44-26-15-16-28-47(44)52(48(45)35-40,41-21-9-3-10-22-41)42-23-11-4-12-24-42;1-5-17-32(18-6-1)43-47-44(33-19-7-2-8-20-33)49-45(48-43)40-27-14-13-25-37(40)34-29-30-39-38-26-15-16-28-41(38)46(42(39)31-34,35-21-9-3-10-22-35)36-23-11-4-12-24-36/h1-35H;1-31H. The maximum Gasteiger partial charge on any atom is 0.164 e. The molecule has 0 aliphatic heterocycles. The third kappa shape index (κ3) is 11.1. The first-order chi connectivity index (χ1) is 51.6. The Morgan fingerprint density at radius 1 is 0.135 bits per heavy atom. The van der Waals surface area contributed by atoms with E-state index >= 15 is 0 Å². The minimum absolute atomic E-state index is 0.479. The minimum atomic E-state index is -0.494. The van der Waals surface area contributed by atoms with E-state index < -0.39 is 10.8 Å². The summed E-state index contributed by atoms with van der Waals surface area (Å²) in [7, 11) is 0. The van der Waals surface area contributed by atoms with Crippen LogP contribution in [0.3, 0.4) is 0 Å². The van der Waals surface area contributed by atoms with Crippen molar-refractivity contribution in [2.45, 2.75) is 10.8 Å². The summed E-state index contributed by atoms with van der Waals surface area (Å²) in [5, 5.41) is 0. The number of hydrogen-bond donors (Lipinski definition) is 0. The molecule has 0 saturated heterocycles. The van der Waals surface area contributed by atoms with E-state index in [-0.39, 0.29) is 0 Å². The summed E-state index contributed by atoms with van der Waals surface area (Å²) in [6, 6.07) is 142. The van der Waals surface area contributed by atoms with E-state index in [1.807, 2.05) is 84.9 Å². The molecule has 2 aromatic heterocycles. The second-order valence-corrected chi connectivity index (χ2v) is 26.3. The van der Waals surface area contributed by atoms with Crippen molar-refractivity contribution in [1.82, 2.24) is 29.9 Å². The molecular formula is C98H66N6. The molecule has 0 spiro atoms. The van der Waals surface area contributed by atoms with Crippen LogP contribution >= 0.6 is 0 Å². The first kappa shape index (κ1) is 62.6. The zero-order chi connectivity index (χ0) is 69.2. The molecule has 0 atom stereocenters. The average molecular weight is 1330 g/mol. The van der Waals surface area contributed by atoms with Gasteiger partial charge in [0, 0.05) is 33.4 Å². The van der Waals surface area contributed by atoms with Gasteiger partial charge in [-0.15, -0.1) is 0 Å². The van der Waals surface area contributed by atoms with E-state index in [2.05, 4.69) is 315 Å².